The van der Waals surface area contributed by atoms with Gasteiger partial charge in [-0.15, -0.1) is 0 Å². The van der Waals surface area contributed by atoms with Gasteiger partial charge in [-0.25, -0.2) is 17.8 Å². The fraction of sp³-hybridized carbons (Fsp3) is 0.667. The largest absolute Gasteiger partial charge is 0.469 e. The van der Waals surface area contributed by atoms with E-state index in [4.69, 9.17) is 9.47 Å². The lowest BCUT2D eigenvalue weighted by atomic mass is 10.1. The van der Waals surface area contributed by atoms with Crippen molar-refractivity contribution in [2.24, 2.45) is 0 Å². The van der Waals surface area contributed by atoms with Crippen molar-refractivity contribution in [3.05, 3.63) is 24.1 Å². The Labute approximate surface area is 134 Å². The smallest absolute Gasteiger partial charge is 0.250 e. The number of fused-ring (bicyclic) bond motifs is 1. The van der Waals surface area contributed by atoms with Crippen molar-refractivity contribution in [2.75, 3.05) is 13.2 Å². The Morgan fingerprint density at radius 1 is 1.30 bits per heavy atom. The molecule has 0 amide bonds. The standard InChI is InChI=1S/C15H19FN2O4S/c16-11-2-1-7-17-15(11)22-13-6-5-12-14(13)21-9-8-18(12)23(19,20)10-3-4-10/h1-2,7,10,12-14H,3-6,8-9H2/t12-,13-,14+/m0/s1. The monoisotopic (exact) mass is 342 g/mol. The maximum Gasteiger partial charge on any atom is 0.250 e. The molecule has 4 rings (SSSR count). The van der Waals surface area contributed by atoms with E-state index in [0.29, 0.717) is 26.0 Å². The van der Waals surface area contributed by atoms with Crippen LogP contribution in [0, 0.1) is 5.82 Å². The number of halogens is 1. The van der Waals surface area contributed by atoms with E-state index in [2.05, 4.69) is 4.98 Å². The van der Waals surface area contributed by atoms with Gasteiger partial charge in [0, 0.05) is 12.7 Å². The van der Waals surface area contributed by atoms with Gasteiger partial charge in [0.15, 0.2) is 5.82 Å². The Balaban J connectivity index is 1.52. The van der Waals surface area contributed by atoms with Crippen LogP contribution in [-0.4, -0.2) is 54.4 Å². The van der Waals surface area contributed by atoms with Crippen molar-refractivity contribution in [3.8, 4) is 5.88 Å². The molecule has 3 aliphatic rings. The number of ether oxygens (including phenoxy) is 2. The minimum absolute atomic E-state index is 0.0519. The second-order valence-electron chi connectivity index (χ2n) is 6.28. The van der Waals surface area contributed by atoms with Crippen LogP contribution in [0.2, 0.25) is 0 Å². The summed E-state index contributed by atoms with van der Waals surface area (Å²) in [7, 11) is -3.24. The molecular formula is C15H19FN2O4S. The minimum Gasteiger partial charge on any atom is -0.469 e. The zero-order valence-corrected chi connectivity index (χ0v) is 13.4. The van der Waals surface area contributed by atoms with Crippen LogP contribution in [0.15, 0.2) is 18.3 Å². The maximum atomic E-state index is 13.7. The predicted molar refractivity (Wildman–Crippen MR) is 80.0 cm³/mol. The molecule has 6 nitrogen and oxygen atoms in total. The molecule has 0 N–H and O–H groups in total. The van der Waals surface area contributed by atoms with Gasteiger partial charge in [0.2, 0.25) is 10.0 Å². The Morgan fingerprint density at radius 3 is 2.87 bits per heavy atom. The van der Waals surface area contributed by atoms with Crippen LogP contribution in [0.4, 0.5) is 4.39 Å². The van der Waals surface area contributed by atoms with Crippen LogP contribution in [-0.2, 0) is 14.8 Å². The number of rotatable bonds is 4. The lowest BCUT2D eigenvalue weighted by Gasteiger charge is -2.38. The van der Waals surface area contributed by atoms with Crippen molar-refractivity contribution in [1.29, 1.82) is 0 Å². The molecule has 1 aromatic heterocycles. The summed E-state index contributed by atoms with van der Waals surface area (Å²) >= 11 is 0. The highest BCUT2D eigenvalue weighted by atomic mass is 32.2. The summed E-state index contributed by atoms with van der Waals surface area (Å²) < 4.78 is 51.9. The van der Waals surface area contributed by atoms with Crippen molar-refractivity contribution in [3.63, 3.8) is 0 Å². The third-order valence-corrected chi connectivity index (χ3v) is 7.17. The number of morpholine rings is 1. The first-order valence-electron chi connectivity index (χ1n) is 7.97. The number of pyridine rings is 1. The summed E-state index contributed by atoms with van der Waals surface area (Å²) in [5, 5.41) is -0.227. The van der Waals surface area contributed by atoms with Gasteiger partial charge < -0.3 is 9.47 Å². The van der Waals surface area contributed by atoms with Crippen LogP contribution in [0.1, 0.15) is 25.7 Å². The number of aromatic nitrogens is 1. The molecule has 0 aromatic carbocycles. The molecule has 3 atom stereocenters. The fourth-order valence-corrected chi connectivity index (χ4v) is 5.53. The highest BCUT2D eigenvalue weighted by Crippen LogP contribution is 2.39. The summed E-state index contributed by atoms with van der Waals surface area (Å²) in [5.41, 5.74) is 0. The second kappa shape index (κ2) is 5.68. The van der Waals surface area contributed by atoms with E-state index in [1.807, 2.05) is 0 Å². The van der Waals surface area contributed by atoms with E-state index in [9.17, 15) is 12.8 Å². The highest BCUT2D eigenvalue weighted by Gasteiger charge is 2.51. The quantitative estimate of drug-likeness (QED) is 0.826. The first kappa shape index (κ1) is 15.3. The zero-order valence-electron chi connectivity index (χ0n) is 12.6. The first-order chi connectivity index (χ1) is 11.1. The Bertz CT molecular complexity index is 694. The Kier molecular flexibility index (Phi) is 3.78. The molecule has 3 fully saturated rings. The van der Waals surface area contributed by atoms with Gasteiger partial charge in [-0.05, 0) is 37.8 Å². The fourth-order valence-electron chi connectivity index (χ4n) is 3.48. The second-order valence-corrected chi connectivity index (χ2v) is 8.45. The van der Waals surface area contributed by atoms with Gasteiger partial charge in [0.1, 0.15) is 12.2 Å². The average molecular weight is 342 g/mol. The molecule has 126 valence electrons. The molecule has 1 saturated heterocycles. The summed E-state index contributed by atoms with van der Waals surface area (Å²) in [5.74, 6) is -0.571. The van der Waals surface area contributed by atoms with Crippen molar-refractivity contribution in [1.82, 2.24) is 9.29 Å². The van der Waals surface area contributed by atoms with Gasteiger partial charge in [-0.3, -0.25) is 0 Å². The van der Waals surface area contributed by atoms with Crippen LogP contribution in [0.5, 0.6) is 5.88 Å². The van der Waals surface area contributed by atoms with E-state index < -0.39 is 15.8 Å². The molecule has 0 radical (unpaired) electrons. The van der Waals surface area contributed by atoms with Crippen LogP contribution in [0.25, 0.3) is 0 Å². The molecule has 2 saturated carbocycles. The molecule has 2 heterocycles. The number of hydrogen-bond donors (Lipinski definition) is 0. The minimum atomic E-state index is -3.24. The molecule has 2 aliphatic carbocycles. The van der Waals surface area contributed by atoms with Crippen LogP contribution in [0.3, 0.4) is 0 Å². The van der Waals surface area contributed by atoms with Gasteiger partial charge in [-0.2, -0.15) is 4.31 Å². The zero-order chi connectivity index (χ0) is 16.0. The summed E-state index contributed by atoms with van der Waals surface area (Å²) in [6.07, 6.45) is 3.51. The van der Waals surface area contributed by atoms with Crippen molar-refractivity contribution >= 4 is 10.0 Å². The summed E-state index contributed by atoms with van der Waals surface area (Å²) in [6.45, 7) is 0.738. The van der Waals surface area contributed by atoms with Gasteiger partial charge >= 0.3 is 0 Å². The van der Waals surface area contributed by atoms with Gasteiger partial charge in [-0.1, -0.05) is 0 Å². The molecular weight excluding hydrogens is 323 g/mol. The summed E-state index contributed by atoms with van der Waals surface area (Å²) in [4.78, 5) is 3.90. The number of sulfonamides is 1. The Hall–Kier alpha value is -1.25. The third-order valence-electron chi connectivity index (χ3n) is 4.74. The maximum absolute atomic E-state index is 13.7. The predicted octanol–water partition coefficient (Wildman–Crippen LogP) is 1.32. The van der Waals surface area contributed by atoms with Crippen molar-refractivity contribution < 1.29 is 22.3 Å². The summed E-state index contributed by atoms with van der Waals surface area (Å²) in [6, 6.07) is 2.58. The van der Waals surface area contributed by atoms with Gasteiger partial charge in [0.25, 0.3) is 5.88 Å². The first-order valence-corrected chi connectivity index (χ1v) is 9.47. The molecule has 8 heteroatoms. The van der Waals surface area contributed by atoms with Crippen LogP contribution >= 0.6 is 0 Å². The topological polar surface area (TPSA) is 68.7 Å². The highest BCUT2D eigenvalue weighted by molar-refractivity contribution is 7.90. The molecule has 0 unspecified atom stereocenters. The van der Waals surface area contributed by atoms with E-state index in [-0.39, 0.29) is 29.4 Å². The number of hydrogen-bond acceptors (Lipinski definition) is 5. The SMILES string of the molecule is O=S(=O)(C1CC1)N1CCO[C@H]2[C@@H](Oc3ncccc3F)CC[C@@H]21. The van der Waals surface area contributed by atoms with E-state index in [1.54, 1.807) is 4.31 Å². The lowest BCUT2D eigenvalue weighted by molar-refractivity contribution is -0.0675. The van der Waals surface area contributed by atoms with Crippen molar-refractivity contribution in [2.45, 2.75) is 49.2 Å². The van der Waals surface area contributed by atoms with E-state index in [1.165, 1.54) is 18.3 Å². The molecule has 1 aliphatic heterocycles. The molecule has 0 spiro atoms. The molecule has 0 bridgehead atoms. The number of nitrogens with zero attached hydrogens (tertiary/aromatic N) is 2. The van der Waals surface area contributed by atoms with Gasteiger partial charge in [0.05, 0.1) is 17.9 Å². The Morgan fingerprint density at radius 2 is 2.13 bits per heavy atom. The van der Waals surface area contributed by atoms with Crippen LogP contribution < -0.4 is 4.74 Å². The average Bonchev–Trinajstić information content (AvgIpc) is 3.33. The molecule has 1 aromatic rings. The van der Waals surface area contributed by atoms with E-state index in [0.717, 1.165) is 12.8 Å². The lowest BCUT2D eigenvalue weighted by Crippen LogP contribution is -2.55. The van der Waals surface area contributed by atoms with E-state index >= 15 is 0 Å². The third kappa shape index (κ3) is 2.72. The normalized spacial score (nSPS) is 31.8. The molecule has 23 heavy (non-hydrogen) atoms.